The molecule has 0 saturated carbocycles. The summed E-state index contributed by atoms with van der Waals surface area (Å²) in [6.07, 6.45) is 6.63. The average molecular weight is 275 g/mol. The van der Waals surface area contributed by atoms with Crippen molar-refractivity contribution in [1.82, 2.24) is 4.90 Å². The van der Waals surface area contributed by atoms with Crippen LogP contribution in [0.15, 0.2) is 35.2 Å². The molecule has 3 aliphatic rings. The molecule has 0 amide bonds. The number of nitrogens with zero attached hydrogens (tertiary/aromatic N) is 1. The highest BCUT2D eigenvalue weighted by Crippen LogP contribution is 2.59. The molecule has 0 radical (unpaired) electrons. The minimum absolute atomic E-state index is 0.0717. The molecule has 0 aromatic heterocycles. The highest BCUT2D eigenvalue weighted by Gasteiger charge is 2.66. The zero-order chi connectivity index (χ0) is 12.8. The molecule has 3 heterocycles. The number of hydrogen-bond donors (Lipinski definition) is 0. The van der Waals surface area contributed by atoms with Gasteiger partial charge in [-0.25, -0.2) is 0 Å². The van der Waals surface area contributed by atoms with Crippen molar-refractivity contribution in [1.29, 1.82) is 0 Å². The molecular formula is C16H21NOS. The van der Waals surface area contributed by atoms with Gasteiger partial charge in [0, 0.05) is 18.0 Å². The molecule has 3 fully saturated rings. The lowest BCUT2D eigenvalue weighted by atomic mass is 9.86. The predicted octanol–water partition coefficient (Wildman–Crippen LogP) is 3.52. The van der Waals surface area contributed by atoms with Crippen LogP contribution in [0.1, 0.15) is 32.1 Å². The second-order valence-corrected chi connectivity index (χ2v) is 7.49. The maximum absolute atomic E-state index is 6.06. The Hall–Kier alpha value is -0.510. The summed E-state index contributed by atoms with van der Waals surface area (Å²) >= 11 is 2.08. The molecule has 19 heavy (non-hydrogen) atoms. The first-order chi connectivity index (χ1) is 9.35. The zero-order valence-corrected chi connectivity index (χ0v) is 12.1. The highest BCUT2D eigenvalue weighted by molar-refractivity contribution is 8.00. The number of epoxide rings is 1. The molecule has 1 unspecified atom stereocenters. The lowest BCUT2D eigenvalue weighted by Gasteiger charge is -2.46. The Bertz CT molecular complexity index is 459. The van der Waals surface area contributed by atoms with Crippen molar-refractivity contribution in [3.05, 3.63) is 30.3 Å². The maximum Gasteiger partial charge on any atom is 0.160 e. The molecule has 1 spiro atoms. The van der Waals surface area contributed by atoms with E-state index in [4.69, 9.17) is 4.74 Å². The van der Waals surface area contributed by atoms with Crippen molar-refractivity contribution < 1.29 is 4.74 Å². The van der Waals surface area contributed by atoms with E-state index in [0.29, 0.717) is 4.75 Å². The van der Waals surface area contributed by atoms with Crippen molar-refractivity contribution in [2.24, 2.45) is 0 Å². The van der Waals surface area contributed by atoms with Crippen molar-refractivity contribution in [2.75, 3.05) is 19.7 Å². The molecule has 3 atom stereocenters. The Morgan fingerprint density at radius 1 is 1.00 bits per heavy atom. The van der Waals surface area contributed by atoms with Gasteiger partial charge in [-0.2, -0.15) is 0 Å². The second kappa shape index (κ2) is 4.51. The van der Waals surface area contributed by atoms with Gasteiger partial charge in [0.15, 0.2) is 5.72 Å². The lowest BCUT2D eigenvalue weighted by molar-refractivity contribution is 0.0198. The van der Waals surface area contributed by atoms with Gasteiger partial charge >= 0.3 is 0 Å². The molecule has 3 heteroatoms. The summed E-state index contributed by atoms with van der Waals surface area (Å²) in [5.41, 5.74) is 0.0717. The van der Waals surface area contributed by atoms with Crippen LogP contribution in [0.5, 0.6) is 0 Å². The van der Waals surface area contributed by atoms with Crippen LogP contribution in [0.25, 0.3) is 0 Å². The van der Waals surface area contributed by atoms with Crippen LogP contribution >= 0.6 is 11.8 Å². The molecule has 0 aliphatic carbocycles. The minimum atomic E-state index is 0.0717. The maximum atomic E-state index is 6.06. The number of hydrogen-bond acceptors (Lipinski definition) is 3. The zero-order valence-electron chi connectivity index (χ0n) is 11.3. The summed E-state index contributed by atoms with van der Waals surface area (Å²) in [5.74, 6) is 0. The summed E-state index contributed by atoms with van der Waals surface area (Å²) < 4.78 is 6.36. The Morgan fingerprint density at radius 2 is 1.74 bits per heavy atom. The lowest BCUT2D eigenvalue weighted by Crippen LogP contribution is -2.57. The molecule has 1 aromatic carbocycles. The summed E-state index contributed by atoms with van der Waals surface area (Å²) in [6.45, 7) is 3.42. The number of benzene rings is 1. The standard InChI is InChI=1S/C16H21NOS/c1-2-7-14(8-3-1)19-15-9-4-5-11-17(12-6-10-15)16(15)13-18-16/h1-3,7-8H,4-6,9-13H2/t15-,16+/m0/s1. The van der Waals surface area contributed by atoms with Crippen LogP contribution in [-0.2, 0) is 4.74 Å². The van der Waals surface area contributed by atoms with E-state index in [1.807, 2.05) is 0 Å². The van der Waals surface area contributed by atoms with Gasteiger partial charge in [0.2, 0.25) is 0 Å². The topological polar surface area (TPSA) is 15.8 Å². The first-order valence-corrected chi connectivity index (χ1v) is 8.29. The third kappa shape index (κ3) is 1.86. The molecule has 4 rings (SSSR count). The van der Waals surface area contributed by atoms with Crippen LogP contribution in [0.2, 0.25) is 0 Å². The highest BCUT2D eigenvalue weighted by atomic mass is 32.2. The summed E-state index contributed by atoms with van der Waals surface area (Å²) in [6, 6.07) is 10.9. The number of ether oxygens (including phenoxy) is 1. The van der Waals surface area contributed by atoms with E-state index in [0.717, 1.165) is 6.61 Å². The van der Waals surface area contributed by atoms with Gasteiger partial charge in [-0.15, -0.1) is 11.8 Å². The normalized spacial score (nSPS) is 40.9. The Labute approximate surface area is 119 Å². The fourth-order valence-electron chi connectivity index (χ4n) is 3.96. The Balaban J connectivity index is 1.69. The van der Waals surface area contributed by atoms with Crippen LogP contribution in [-0.4, -0.2) is 35.1 Å². The summed E-state index contributed by atoms with van der Waals surface area (Å²) in [7, 11) is 0. The fourth-order valence-corrected chi connectivity index (χ4v) is 5.60. The van der Waals surface area contributed by atoms with Gasteiger partial charge in [0.05, 0.1) is 11.4 Å². The van der Waals surface area contributed by atoms with E-state index in [2.05, 4.69) is 47.0 Å². The van der Waals surface area contributed by atoms with Gasteiger partial charge in [0.25, 0.3) is 0 Å². The summed E-state index contributed by atoms with van der Waals surface area (Å²) in [4.78, 5) is 4.04. The fraction of sp³-hybridized carbons (Fsp3) is 0.625. The first kappa shape index (κ1) is 12.2. The molecule has 102 valence electrons. The third-order valence-electron chi connectivity index (χ3n) is 4.96. The SMILES string of the molecule is c1ccc(S[C@@]23CCCCN(CCC2)[C@@]32CO2)cc1. The second-order valence-electron chi connectivity index (χ2n) is 6.03. The van der Waals surface area contributed by atoms with E-state index in [1.54, 1.807) is 0 Å². The van der Waals surface area contributed by atoms with Gasteiger partial charge in [-0.1, -0.05) is 24.6 Å². The Morgan fingerprint density at radius 3 is 2.53 bits per heavy atom. The van der Waals surface area contributed by atoms with Crippen molar-refractivity contribution in [3.63, 3.8) is 0 Å². The monoisotopic (exact) mass is 275 g/mol. The number of piperidine rings is 1. The molecule has 2 bridgehead atoms. The minimum Gasteiger partial charge on any atom is -0.352 e. The van der Waals surface area contributed by atoms with Crippen LogP contribution in [0.4, 0.5) is 0 Å². The largest absolute Gasteiger partial charge is 0.352 e. The van der Waals surface area contributed by atoms with Crippen LogP contribution in [0.3, 0.4) is 0 Å². The Kier molecular flexibility index (Phi) is 2.90. The van der Waals surface area contributed by atoms with Crippen LogP contribution < -0.4 is 0 Å². The number of thioether (sulfide) groups is 1. The van der Waals surface area contributed by atoms with Gasteiger partial charge in [-0.05, 0) is 37.8 Å². The third-order valence-corrected chi connectivity index (χ3v) is 6.59. The number of rotatable bonds is 2. The van der Waals surface area contributed by atoms with Crippen molar-refractivity contribution in [2.45, 2.75) is 47.5 Å². The molecule has 3 aliphatic heterocycles. The van der Waals surface area contributed by atoms with Crippen molar-refractivity contribution in [3.8, 4) is 0 Å². The van der Waals surface area contributed by atoms with Gasteiger partial charge < -0.3 is 4.74 Å². The van der Waals surface area contributed by atoms with Crippen molar-refractivity contribution >= 4 is 11.8 Å². The van der Waals surface area contributed by atoms with Crippen LogP contribution in [0, 0.1) is 0 Å². The quantitative estimate of drug-likeness (QED) is 0.768. The molecule has 3 saturated heterocycles. The molecule has 2 nitrogen and oxygen atoms in total. The van der Waals surface area contributed by atoms with Gasteiger partial charge in [0.1, 0.15) is 0 Å². The van der Waals surface area contributed by atoms with E-state index < -0.39 is 0 Å². The predicted molar refractivity (Wildman–Crippen MR) is 78.4 cm³/mol. The van der Waals surface area contributed by atoms with E-state index >= 15 is 0 Å². The first-order valence-electron chi connectivity index (χ1n) is 7.48. The van der Waals surface area contributed by atoms with Gasteiger partial charge in [-0.3, -0.25) is 4.90 Å². The van der Waals surface area contributed by atoms with E-state index in [1.165, 1.54) is 50.1 Å². The smallest absolute Gasteiger partial charge is 0.160 e. The van der Waals surface area contributed by atoms with E-state index in [-0.39, 0.29) is 5.72 Å². The molecule has 0 N–H and O–H groups in total. The van der Waals surface area contributed by atoms with E-state index in [9.17, 15) is 0 Å². The molecular weight excluding hydrogens is 254 g/mol. The summed E-state index contributed by atoms with van der Waals surface area (Å²) in [5, 5.41) is 0. The molecule has 1 aromatic rings. The average Bonchev–Trinajstić information content (AvgIpc) is 3.23.